The van der Waals surface area contributed by atoms with E-state index < -0.39 is 42.4 Å². The van der Waals surface area contributed by atoms with Crippen LogP contribution in [0.1, 0.15) is 45.1 Å². The number of hydrogen-bond acceptors (Lipinski definition) is 0. The minimum absolute atomic E-state index is 0.810. The van der Waals surface area contributed by atoms with Crippen molar-refractivity contribution < 1.29 is 83.0 Å². The van der Waals surface area contributed by atoms with Crippen LogP contribution in [-0.2, 0) is 6.54 Å². The first-order valence-electron chi connectivity index (χ1n) is 18.8. The Hall–Kier alpha value is -4.16. The van der Waals surface area contributed by atoms with Crippen molar-refractivity contribution in [1.29, 1.82) is 0 Å². The van der Waals surface area contributed by atoms with Gasteiger partial charge in [0, 0.05) is 67.6 Å². The first-order chi connectivity index (χ1) is 29.2. The number of hydrogen-bond donors (Lipinski definition) is 0. The van der Waals surface area contributed by atoms with Crippen LogP contribution in [0.25, 0.3) is 38.5 Å². The average molecular weight is 998 g/mol. The van der Waals surface area contributed by atoms with Gasteiger partial charge in [0.1, 0.15) is 6.54 Å². The van der Waals surface area contributed by atoms with Crippen LogP contribution in [0.2, 0.25) is 10.0 Å². The van der Waals surface area contributed by atoms with Crippen molar-refractivity contribution in [3.8, 4) is 0 Å². The van der Waals surface area contributed by atoms with E-state index in [2.05, 4.69) is 102 Å². The second-order valence-corrected chi connectivity index (χ2v) is 19.8. The molecule has 4 aromatic carbocycles. The number of aromatic nitrogens is 1. The van der Waals surface area contributed by atoms with E-state index in [-0.39, 0.29) is 0 Å². The summed E-state index contributed by atoms with van der Waals surface area (Å²) in [4.78, 5) is 0. The Labute approximate surface area is 360 Å². The van der Waals surface area contributed by atoms with Gasteiger partial charge in [0.2, 0.25) is 11.4 Å². The molecule has 0 aliphatic carbocycles. The summed E-state index contributed by atoms with van der Waals surface area (Å²) in [6, 6.07) is 21.3. The van der Waals surface area contributed by atoms with Crippen LogP contribution in [0.15, 0.2) is 85.0 Å². The molecule has 23 heteroatoms. The van der Waals surface area contributed by atoms with Gasteiger partial charge >= 0.3 is 121 Å². The summed E-state index contributed by atoms with van der Waals surface area (Å²) in [7, 11) is 0. The Morgan fingerprint density at radius 3 is 1.58 bits per heavy atom. The number of halogens is 20. The van der Waals surface area contributed by atoms with Gasteiger partial charge in [0.15, 0.2) is 0 Å². The molecule has 64 heavy (non-hydrogen) atoms. The van der Waals surface area contributed by atoms with Gasteiger partial charge in [0.05, 0.1) is 10.9 Å². The Morgan fingerprint density at radius 2 is 1.06 bits per heavy atom. The third kappa shape index (κ3) is 7.13. The Bertz CT molecular complexity index is 2680. The predicted octanol–water partition coefficient (Wildman–Crippen LogP) is 16.8. The fourth-order valence-electron chi connectivity index (χ4n) is 7.30. The van der Waals surface area contributed by atoms with E-state index in [4.69, 9.17) is 23.2 Å². The summed E-state index contributed by atoms with van der Waals surface area (Å²) in [5.41, 5.74) is -24.3. The molecule has 6 rings (SSSR count). The second-order valence-electron chi connectivity index (χ2n) is 14.7. The summed E-state index contributed by atoms with van der Waals surface area (Å²) in [5, 5.41) is 8.88. The number of nitrogens with zero attached hydrogens (tertiary/aromatic N) is 2. The van der Waals surface area contributed by atoms with Crippen molar-refractivity contribution in [2.45, 2.75) is 81.6 Å². The molecular weight excluding hydrogens is 964 g/mol. The van der Waals surface area contributed by atoms with Crippen molar-refractivity contribution >= 4 is 80.0 Å². The average Bonchev–Trinajstić information content (AvgIpc) is 3.66. The number of aryl methyl sites for hydroxylation is 1. The van der Waals surface area contributed by atoms with Crippen LogP contribution in [0.3, 0.4) is 0 Å². The van der Waals surface area contributed by atoms with Gasteiger partial charge in [-0.05, 0) is 36.8 Å². The third-order valence-corrected chi connectivity index (χ3v) is 15.7. The van der Waals surface area contributed by atoms with Crippen LogP contribution in [0.4, 0.5) is 84.1 Å². The van der Waals surface area contributed by atoms with Crippen LogP contribution in [-0.4, -0.2) is 56.9 Å². The predicted molar refractivity (Wildman–Crippen MR) is 213 cm³/mol. The molecule has 0 amide bonds. The monoisotopic (exact) mass is 996 g/mol. The van der Waals surface area contributed by atoms with Crippen molar-refractivity contribution in [3.05, 3.63) is 106 Å². The summed E-state index contributed by atoms with van der Waals surface area (Å²) >= 11 is 13.2. The zero-order chi connectivity index (χ0) is 48.3. The maximum absolute atomic E-state index is 15.0. The molecule has 2 nitrogen and oxygen atoms in total. The molecule has 0 spiro atoms. The maximum atomic E-state index is 13.4. The first kappa shape index (κ1) is 50.8. The van der Waals surface area contributed by atoms with Crippen LogP contribution in [0, 0.1) is 0 Å². The van der Waals surface area contributed by atoms with Gasteiger partial charge in [-0.1, -0.05) is 98.5 Å². The molecule has 0 unspecified atom stereocenters. The van der Waals surface area contributed by atoms with Crippen molar-refractivity contribution in [2.75, 3.05) is 6.54 Å². The Kier molecular flexibility index (Phi) is 13.0. The van der Waals surface area contributed by atoms with E-state index in [0.717, 1.165) is 59.6 Å². The molecule has 0 N–H and O–H groups in total. The molecule has 0 bridgehead atoms. The number of allylic oxidation sites excluding steroid dienone is 4. The Morgan fingerprint density at radius 1 is 0.578 bits per heavy atom. The van der Waals surface area contributed by atoms with Gasteiger partial charge in [0.25, 0.3) is 0 Å². The zero-order valence-corrected chi connectivity index (χ0v) is 35.2. The molecule has 1 aliphatic rings. The van der Waals surface area contributed by atoms with E-state index in [1.54, 1.807) is 0 Å². The van der Waals surface area contributed by atoms with Crippen LogP contribution in [0.5, 0.6) is 0 Å². The molecule has 2 heterocycles. The summed E-state index contributed by atoms with van der Waals surface area (Å²) in [5.74, 6) is 0. The number of rotatable bonds is 12. The molecule has 0 fully saturated rings. The SMILES string of the molecule is CCCCn1/c(=C/C=C/C=C/C2=[N+](CCCC)c3ccc(Cl)c4cccc2c34)c2cccc3c(Cl)ccc1c32.FC(F)(F)C(F)(F)[P-](F)(F)(F)(C(F)(F)C(F)(F)F)C(F)(F)C(F)(F)F. The van der Waals surface area contributed by atoms with Gasteiger partial charge in [-0.25, -0.2) is 0 Å². The summed E-state index contributed by atoms with van der Waals surface area (Å²) in [6.07, 6.45) is -10.6. The van der Waals surface area contributed by atoms with Crippen molar-refractivity contribution in [2.24, 2.45) is 0 Å². The fraction of sp³-hybridized carbons (Fsp3) is 0.341. The number of benzene rings is 4. The number of unbranched alkanes of at least 4 members (excludes halogenated alkanes) is 2. The summed E-state index contributed by atoms with van der Waals surface area (Å²) in [6.45, 7) is -8.54. The molecule has 0 atom stereocenters. The third-order valence-electron chi connectivity index (χ3n) is 10.7. The molecule has 0 saturated carbocycles. The molecule has 0 radical (unpaired) electrons. The van der Waals surface area contributed by atoms with Crippen molar-refractivity contribution in [1.82, 2.24) is 4.57 Å². The molecule has 1 aliphatic heterocycles. The van der Waals surface area contributed by atoms with E-state index in [1.807, 2.05) is 12.1 Å². The quantitative estimate of drug-likeness (QED) is 0.0509. The topological polar surface area (TPSA) is 7.94 Å². The zero-order valence-electron chi connectivity index (χ0n) is 32.8. The number of alkyl halides is 15. The van der Waals surface area contributed by atoms with Gasteiger partial charge < -0.3 is 4.57 Å². The summed E-state index contributed by atoms with van der Waals surface area (Å²) < 4.78 is 227. The van der Waals surface area contributed by atoms with Gasteiger partial charge in [-0.2, -0.15) is 4.58 Å². The van der Waals surface area contributed by atoms with Crippen molar-refractivity contribution in [3.63, 3.8) is 0 Å². The van der Waals surface area contributed by atoms with Gasteiger partial charge in [-0.3, -0.25) is 0 Å². The molecule has 1 aromatic heterocycles. The van der Waals surface area contributed by atoms with E-state index in [1.165, 1.54) is 44.0 Å². The standard InChI is InChI=1S/C35H33Cl2N2.C6F18P/c1-3-5-22-38-30(26-14-10-12-24-28(36)18-20-32(38)34(24)26)16-8-7-9-17-31-27-15-11-13-25-29(37)19-21-33(35(25)27)39(31)23-6-4-2;7-1(8,9)4(16,17)25(22,23,24,5(18,19)2(10,11)12)6(20,21)3(13,14)15/h7-21H,3-6,22-23H2,1-2H3;/q+1;-1. The molecule has 5 aromatic rings. The fourth-order valence-corrected chi connectivity index (χ4v) is 10.4. The molecule has 0 saturated heterocycles. The molecular formula is C41H33Cl2F18N2P. The van der Waals surface area contributed by atoms with E-state index in [0.29, 0.717) is 0 Å². The normalized spacial score (nSPS) is 16.2. The van der Waals surface area contributed by atoms with Crippen LogP contribution < -0.4 is 5.35 Å². The molecule has 352 valence electrons. The van der Waals surface area contributed by atoms with E-state index in [9.17, 15) is 78.4 Å². The first-order valence-corrected chi connectivity index (χ1v) is 21.9. The second kappa shape index (κ2) is 16.3. The van der Waals surface area contributed by atoms with E-state index >= 15 is 0 Å². The van der Waals surface area contributed by atoms with Gasteiger partial charge in [-0.15, -0.1) is 0 Å². The Balaban J connectivity index is 0.000000269. The minimum atomic E-state index is -15.0. The van der Waals surface area contributed by atoms with Crippen LogP contribution >= 0.6 is 30.1 Å².